The van der Waals surface area contributed by atoms with Gasteiger partial charge in [0.25, 0.3) is 0 Å². The molecule has 1 amide bonds. The molecule has 1 atom stereocenters. The number of nitrogens with two attached hydrogens (primary N) is 1. The third kappa shape index (κ3) is 6.15. The van der Waals surface area contributed by atoms with Crippen LogP contribution in [0.5, 0.6) is 0 Å². The normalized spacial score (nSPS) is 12.7. The third-order valence-corrected chi connectivity index (χ3v) is 6.18. The Bertz CT molecular complexity index is 1140. The fraction of sp³-hybridized carbons (Fsp3) is 0.391. The van der Waals surface area contributed by atoms with Crippen LogP contribution in [-0.4, -0.2) is 29.9 Å². The summed E-state index contributed by atoms with van der Waals surface area (Å²) in [4.78, 5) is 17.1. The number of hydrogen-bond acceptors (Lipinski definition) is 4. The molecule has 0 aliphatic heterocycles. The Morgan fingerprint density at radius 1 is 1.16 bits per heavy atom. The molecule has 0 radical (unpaired) electrons. The monoisotopic (exact) mass is 442 g/mol. The Labute approximate surface area is 183 Å². The van der Waals surface area contributed by atoms with Gasteiger partial charge in [0, 0.05) is 25.4 Å². The predicted molar refractivity (Wildman–Crippen MR) is 122 cm³/mol. The highest BCUT2D eigenvalue weighted by molar-refractivity contribution is 7.89. The lowest BCUT2D eigenvalue weighted by Crippen LogP contribution is -2.33. The van der Waals surface area contributed by atoms with Crippen molar-refractivity contribution in [3.8, 4) is 0 Å². The van der Waals surface area contributed by atoms with Crippen LogP contribution in [0.4, 0.5) is 0 Å². The van der Waals surface area contributed by atoms with E-state index in [1.54, 1.807) is 6.07 Å². The van der Waals surface area contributed by atoms with Crippen molar-refractivity contribution in [3.05, 3.63) is 59.9 Å². The van der Waals surface area contributed by atoms with Crippen LogP contribution in [0.3, 0.4) is 0 Å². The molecule has 0 spiro atoms. The van der Waals surface area contributed by atoms with Crippen LogP contribution in [0.15, 0.2) is 53.4 Å². The Morgan fingerprint density at radius 2 is 1.90 bits per heavy atom. The van der Waals surface area contributed by atoms with E-state index in [0.717, 1.165) is 37.1 Å². The molecule has 3 aromatic rings. The molecule has 0 aliphatic rings. The van der Waals surface area contributed by atoms with Crippen LogP contribution in [-0.2, 0) is 34.2 Å². The maximum atomic E-state index is 12.5. The summed E-state index contributed by atoms with van der Waals surface area (Å²) in [5.41, 5.74) is 2.68. The zero-order valence-corrected chi connectivity index (χ0v) is 18.9. The Hall–Kier alpha value is -2.71. The average Bonchev–Trinajstić information content (AvgIpc) is 3.08. The Kier molecular flexibility index (Phi) is 7.46. The molecule has 0 saturated heterocycles. The zero-order chi connectivity index (χ0) is 22.4. The predicted octanol–water partition coefficient (Wildman–Crippen LogP) is 3.16. The Morgan fingerprint density at radius 3 is 2.58 bits per heavy atom. The summed E-state index contributed by atoms with van der Waals surface area (Å²) in [6.07, 6.45) is 3.50. The van der Waals surface area contributed by atoms with E-state index in [1.807, 2.05) is 29.7 Å². The number of imidazole rings is 1. The van der Waals surface area contributed by atoms with Crippen molar-refractivity contribution >= 4 is 27.0 Å². The van der Waals surface area contributed by atoms with Crippen LogP contribution < -0.4 is 10.5 Å². The van der Waals surface area contributed by atoms with Gasteiger partial charge in [-0.2, -0.15) is 0 Å². The van der Waals surface area contributed by atoms with E-state index in [0.29, 0.717) is 18.4 Å². The summed E-state index contributed by atoms with van der Waals surface area (Å²) in [7, 11) is -3.79. The smallest absolute Gasteiger partial charge is 0.238 e. The second kappa shape index (κ2) is 10.1. The number of rotatable bonds is 10. The number of aryl methyl sites for hydroxylation is 3. The van der Waals surface area contributed by atoms with Gasteiger partial charge in [0.15, 0.2) is 0 Å². The van der Waals surface area contributed by atoms with Gasteiger partial charge in [0.2, 0.25) is 15.9 Å². The van der Waals surface area contributed by atoms with Crippen molar-refractivity contribution in [3.63, 3.8) is 0 Å². The van der Waals surface area contributed by atoms with Crippen molar-refractivity contribution in [2.24, 2.45) is 5.14 Å². The minimum absolute atomic E-state index is 0.0131. The third-order valence-electron chi connectivity index (χ3n) is 5.27. The molecule has 0 fully saturated rings. The van der Waals surface area contributed by atoms with Crippen LogP contribution in [0.1, 0.15) is 44.5 Å². The number of nitrogens with one attached hydrogen (secondary N) is 1. The van der Waals surface area contributed by atoms with E-state index in [4.69, 9.17) is 5.14 Å². The second-order valence-corrected chi connectivity index (χ2v) is 9.43. The van der Waals surface area contributed by atoms with Crippen molar-refractivity contribution in [1.82, 2.24) is 14.9 Å². The summed E-state index contributed by atoms with van der Waals surface area (Å²) in [5.74, 6) is 0.761. The maximum Gasteiger partial charge on any atom is 0.238 e. The highest BCUT2D eigenvalue weighted by atomic mass is 32.2. The number of fused-ring (bicyclic) bond motifs is 1. The van der Waals surface area contributed by atoms with Gasteiger partial charge in [0.05, 0.1) is 15.9 Å². The summed E-state index contributed by atoms with van der Waals surface area (Å²) in [6.45, 7) is 4.83. The molecular weight excluding hydrogens is 412 g/mol. The number of benzene rings is 2. The first-order valence-corrected chi connectivity index (χ1v) is 12.2. The van der Waals surface area contributed by atoms with Gasteiger partial charge < -0.3 is 9.88 Å². The number of carbonyl (C=O) groups excluding carboxylic acids is 1. The van der Waals surface area contributed by atoms with E-state index in [2.05, 4.69) is 29.4 Å². The fourth-order valence-corrected chi connectivity index (χ4v) is 4.21. The topological polar surface area (TPSA) is 107 Å². The second-order valence-electron chi connectivity index (χ2n) is 7.87. The number of carbonyl (C=O) groups is 1. The van der Waals surface area contributed by atoms with Crippen molar-refractivity contribution in [2.75, 3.05) is 0 Å². The molecule has 7 nitrogen and oxygen atoms in total. The number of amides is 1. The van der Waals surface area contributed by atoms with Gasteiger partial charge in [-0.1, -0.05) is 37.3 Å². The van der Waals surface area contributed by atoms with E-state index in [-0.39, 0.29) is 16.8 Å². The summed E-state index contributed by atoms with van der Waals surface area (Å²) in [5, 5.41) is 8.31. The number of hydrogen-bond donors (Lipinski definition) is 2. The minimum Gasteiger partial charge on any atom is -0.354 e. The van der Waals surface area contributed by atoms with Crippen molar-refractivity contribution in [1.29, 1.82) is 0 Å². The van der Waals surface area contributed by atoms with Crippen LogP contribution >= 0.6 is 0 Å². The standard InChI is InChI=1S/C23H30N4O3S/c1-3-15-27-21-12-11-19(31(24,29)30)16-20(21)26-22(27)13-14-23(28)25-17(2)9-10-18-7-5-4-6-8-18/h4-8,11-12,16-17H,3,9-10,13-15H2,1-2H3,(H,25,28)(H2,24,29,30). The van der Waals surface area contributed by atoms with Crippen LogP contribution in [0.2, 0.25) is 0 Å². The molecule has 3 N–H and O–H groups in total. The lowest BCUT2D eigenvalue weighted by Gasteiger charge is -2.14. The molecule has 166 valence electrons. The minimum atomic E-state index is -3.79. The van der Waals surface area contributed by atoms with Crippen LogP contribution in [0, 0.1) is 0 Å². The van der Waals surface area contributed by atoms with Gasteiger partial charge in [-0.05, 0) is 49.9 Å². The highest BCUT2D eigenvalue weighted by Gasteiger charge is 2.16. The largest absolute Gasteiger partial charge is 0.354 e. The number of aromatic nitrogens is 2. The van der Waals surface area contributed by atoms with Crippen molar-refractivity contribution < 1.29 is 13.2 Å². The van der Waals surface area contributed by atoms with Crippen LogP contribution in [0.25, 0.3) is 11.0 Å². The average molecular weight is 443 g/mol. The first-order chi connectivity index (χ1) is 14.8. The van der Waals surface area contributed by atoms with E-state index >= 15 is 0 Å². The molecule has 31 heavy (non-hydrogen) atoms. The first-order valence-electron chi connectivity index (χ1n) is 10.6. The zero-order valence-electron chi connectivity index (χ0n) is 18.0. The van der Waals surface area contributed by atoms with Gasteiger partial charge in [-0.15, -0.1) is 0 Å². The molecule has 1 heterocycles. The van der Waals surface area contributed by atoms with E-state index in [9.17, 15) is 13.2 Å². The van der Waals surface area contributed by atoms with E-state index < -0.39 is 10.0 Å². The van der Waals surface area contributed by atoms with E-state index in [1.165, 1.54) is 17.7 Å². The van der Waals surface area contributed by atoms with Gasteiger partial charge in [-0.3, -0.25) is 4.79 Å². The molecular formula is C23H30N4O3S. The summed E-state index contributed by atoms with van der Waals surface area (Å²) >= 11 is 0. The molecule has 1 aromatic heterocycles. The highest BCUT2D eigenvalue weighted by Crippen LogP contribution is 2.21. The quantitative estimate of drug-likeness (QED) is 0.503. The van der Waals surface area contributed by atoms with Gasteiger partial charge in [0.1, 0.15) is 5.82 Å². The Balaban J connectivity index is 1.63. The fourth-order valence-electron chi connectivity index (χ4n) is 3.67. The summed E-state index contributed by atoms with van der Waals surface area (Å²) < 4.78 is 25.3. The van der Waals surface area contributed by atoms with Crippen molar-refractivity contribution in [2.45, 2.75) is 63.4 Å². The number of primary sulfonamides is 1. The molecule has 2 aromatic carbocycles. The van der Waals surface area contributed by atoms with Gasteiger partial charge >= 0.3 is 0 Å². The molecule has 1 unspecified atom stereocenters. The summed E-state index contributed by atoms with van der Waals surface area (Å²) in [6, 6.07) is 15.0. The maximum absolute atomic E-state index is 12.5. The lowest BCUT2D eigenvalue weighted by molar-refractivity contribution is -0.121. The van der Waals surface area contributed by atoms with Gasteiger partial charge in [-0.25, -0.2) is 18.5 Å². The first kappa shape index (κ1) is 23.0. The molecule has 0 bridgehead atoms. The molecule has 8 heteroatoms. The molecule has 0 aliphatic carbocycles. The number of nitrogens with zero attached hydrogens (tertiary/aromatic N) is 2. The SMILES string of the molecule is CCCn1c(CCC(=O)NC(C)CCc2ccccc2)nc2cc(S(N)(=O)=O)ccc21. The molecule has 0 saturated carbocycles. The lowest BCUT2D eigenvalue weighted by atomic mass is 10.1. The number of sulfonamides is 1. The molecule has 3 rings (SSSR count).